The summed E-state index contributed by atoms with van der Waals surface area (Å²) in [4.78, 5) is 0. The lowest BCUT2D eigenvalue weighted by Crippen LogP contribution is -2.51. The Morgan fingerprint density at radius 3 is 2.53 bits per heavy atom. The summed E-state index contributed by atoms with van der Waals surface area (Å²) in [5.41, 5.74) is 2.89. The normalized spacial score (nSPS) is 38.3. The van der Waals surface area contributed by atoms with Gasteiger partial charge in [0.2, 0.25) is 0 Å². The van der Waals surface area contributed by atoms with Crippen LogP contribution in [0.1, 0.15) is 45.4 Å². The van der Waals surface area contributed by atoms with Crippen LogP contribution in [0.3, 0.4) is 0 Å². The number of hydrogen-bond donors (Lipinski definition) is 2. The Kier molecular flexibility index (Phi) is 4.87. The molecule has 0 amide bonds. The third-order valence-corrected chi connectivity index (χ3v) is 6.28. The smallest absolute Gasteiger partial charge is 0.150 e. The van der Waals surface area contributed by atoms with Gasteiger partial charge in [0.1, 0.15) is 9.84 Å². The van der Waals surface area contributed by atoms with E-state index in [4.69, 9.17) is 10.6 Å². The highest BCUT2D eigenvalue weighted by Gasteiger charge is 2.38. The van der Waals surface area contributed by atoms with Crippen LogP contribution < -0.4 is 11.3 Å². The molecule has 1 aliphatic carbocycles. The summed E-state index contributed by atoms with van der Waals surface area (Å²) in [6, 6.07) is 0.0782. The zero-order chi connectivity index (χ0) is 14.0. The zero-order valence-corrected chi connectivity index (χ0v) is 12.7. The van der Waals surface area contributed by atoms with Crippen molar-refractivity contribution in [1.82, 2.24) is 5.43 Å². The van der Waals surface area contributed by atoms with Gasteiger partial charge in [-0.25, -0.2) is 8.42 Å². The molecule has 5 atom stereocenters. The Labute approximate surface area is 116 Å². The highest BCUT2D eigenvalue weighted by Crippen LogP contribution is 2.34. The number of hydrogen-bond acceptors (Lipinski definition) is 5. The van der Waals surface area contributed by atoms with E-state index in [0.29, 0.717) is 12.3 Å². The van der Waals surface area contributed by atoms with E-state index < -0.39 is 9.84 Å². The van der Waals surface area contributed by atoms with E-state index in [1.807, 2.05) is 0 Å². The van der Waals surface area contributed by atoms with E-state index >= 15 is 0 Å². The van der Waals surface area contributed by atoms with Crippen molar-refractivity contribution in [3.05, 3.63) is 0 Å². The molecule has 112 valence electrons. The maximum atomic E-state index is 11.7. The van der Waals surface area contributed by atoms with Gasteiger partial charge in [-0.1, -0.05) is 6.42 Å². The molecule has 5 unspecified atom stereocenters. The average Bonchev–Trinajstić information content (AvgIpc) is 2.76. The maximum absolute atomic E-state index is 11.7. The lowest BCUT2D eigenvalue weighted by molar-refractivity contribution is 0.0122. The molecule has 0 aromatic carbocycles. The molecule has 2 fully saturated rings. The zero-order valence-electron chi connectivity index (χ0n) is 11.8. The molecular formula is C13H26N2O3S. The van der Waals surface area contributed by atoms with Crippen LogP contribution in [-0.2, 0) is 14.6 Å². The largest absolute Gasteiger partial charge is 0.374 e. The van der Waals surface area contributed by atoms with Crippen LogP contribution in [0.2, 0.25) is 0 Å². The van der Waals surface area contributed by atoms with Crippen LogP contribution >= 0.6 is 0 Å². The van der Waals surface area contributed by atoms with Crippen LogP contribution in [-0.4, -0.2) is 38.2 Å². The number of ether oxygens (including phenoxy) is 1. The van der Waals surface area contributed by atoms with Crippen molar-refractivity contribution in [2.75, 3.05) is 6.26 Å². The summed E-state index contributed by atoms with van der Waals surface area (Å²) < 4.78 is 29.4. The van der Waals surface area contributed by atoms with E-state index in [0.717, 1.165) is 32.1 Å². The highest BCUT2D eigenvalue weighted by molar-refractivity contribution is 7.91. The minimum absolute atomic E-state index is 0.0782. The van der Waals surface area contributed by atoms with Crippen molar-refractivity contribution in [2.24, 2.45) is 11.8 Å². The molecule has 1 saturated heterocycles. The summed E-state index contributed by atoms with van der Waals surface area (Å²) in [6.07, 6.45) is 7.33. The predicted molar refractivity (Wildman–Crippen MR) is 75.3 cm³/mol. The Hall–Kier alpha value is -0.170. The number of sulfone groups is 1. The Balaban J connectivity index is 2.02. The highest BCUT2D eigenvalue weighted by atomic mass is 32.2. The molecule has 0 radical (unpaired) electrons. The second-order valence-corrected chi connectivity index (χ2v) is 8.46. The van der Waals surface area contributed by atoms with E-state index in [1.54, 1.807) is 0 Å². The number of nitrogens with two attached hydrogens (primary N) is 1. The van der Waals surface area contributed by atoms with Crippen molar-refractivity contribution in [3.8, 4) is 0 Å². The van der Waals surface area contributed by atoms with Gasteiger partial charge in [-0.2, -0.15) is 0 Å². The third-order valence-electron chi connectivity index (χ3n) is 4.64. The third kappa shape index (κ3) is 3.68. The van der Waals surface area contributed by atoms with Crippen LogP contribution in [0, 0.1) is 5.92 Å². The van der Waals surface area contributed by atoms with Crippen molar-refractivity contribution < 1.29 is 13.2 Å². The lowest BCUT2D eigenvalue weighted by atomic mass is 9.81. The molecule has 1 aliphatic heterocycles. The molecule has 0 aromatic rings. The number of nitrogens with one attached hydrogen (secondary N) is 1. The quantitative estimate of drug-likeness (QED) is 0.596. The Morgan fingerprint density at radius 2 is 2.00 bits per heavy atom. The molecule has 2 rings (SSSR count). The number of rotatable bonds is 4. The molecule has 0 spiro atoms. The molecule has 2 aliphatic rings. The molecule has 6 heteroatoms. The van der Waals surface area contributed by atoms with E-state index in [2.05, 4.69) is 12.3 Å². The first-order chi connectivity index (χ1) is 8.91. The van der Waals surface area contributed by atoms with Gasteiger partial charge < -0.3 is 4.74 Å². The van der Waals surface area contributed by atoms with E-state index in [-0.39, 0.29) is 23.5 Å². The molecule has 1 heterocycles. The van der Waals surface area contributed by atoms with E-state index in [1.165, 1.54) is 6.26 Å². The van der Waals surface area contributed by atoms with Crippen LogP contribution in [0.15, 0.2) is 0 Å². The van der Waals surface area contributed by atoms with Crippen molar-refractivity contribution >= 4 is 9.84 Å². The average molecular weight is 290 g/mol. The summed E-state index contributed by atoms with van der Waals surface area (Å²) in [5, 5.41) is -0.207. The number of hydrazine groups is 1. The van der Waals surface area contributed by atoms with Gasteiger partial charge in [-0.15, -0.1) is 0 Å². The van der Waals surface area contributed by atoms with Gasteiger partial charge in [-0.05, 0) is 44.9 Å². The topological polar surface area (TPSA) is 81.4 Å². The SMILES string of the molecule is CC1CCC(C(NN)C2CCCC(S(C)(=O)=O)C2)O1. The minimum Gasteiger partial charge on any atom is -0.374 e. The monoisotopic (exact) mass is 290 g/mol. The molecular weight excluding hydrogens is 264 g/mol. The molecule has 0 aromatic heterocycles. The maximum Gasteiger partial charge on any atom is 0.150 e. The van der Waals surface area contributed by atoms with Crippen LogP contribution in [0.25, 0.3) is 0 Å². The van der Waals surface area contributed by atoms with Gasteiger partial charge in [0.25, 0.3) is 0 Å². The molecule has 3 N–H and O–H groups in total. The fourth-order valence-electron chi connectivity index (χ4n) is 3.54. The summed E-state index contributed by atoms with van der Waals surface area (Å²) >= 11 is 0. The lowest BCUT2D eigenvalue weighted by Gasteiger charge is -2.36. The molecule has 0 bridgehead atoms. The van der Waals surface area contributed by atoms with Crippen LogP contribution in [0.5, 0.6) is 0 Å². The fraction of sp³-hybridized carbons (Fsp3) is 1.00. The van der Waals surface area contributed by atoms with Crippen molar-refractivity contribution in [1.29, 1.82) is 0 Å². The van der Waals surface area contributed by atoms with Crippen LogP contribution in [0.4, 0.5) is 0 Å². The van der Waals surface area contributed by atoms with Crippen molar-refractivity contribution in [3.63, 3.8) is 0 Å². The van der Waals surface area contributed by atoms with Gasteiger partial charge in [0.05, 0.1) is 23.5 Å². The summed E-state index contributed by atoms with van der Waals surface area (Å²) in [7, 11) is -2.94. The van der Waals surface area contributed by atoms with E-state index in [9.17, 15) is 8.42 Å². The fourth-order valence-corrected chi connectivity index (χ4v) is 4.73. The Morgan fingerprint density at radius 1 is 1.26 bits per heavy atom. The summed E-state index contributed by atoms with van der Waals surface area (Å²) in [6.45, 7) is 2.08. The van der Waals surface area contributed by atoms with Gasteiger partial charge in [-0.3, -0.25) is 11.3 Å². The first-order valence-electron chi connectivity index (χ1n) is 7.22. The van der Waals surface area contributed by atoms with Gasteiger partial charge in [0, 0.05) is 6.26 Å². The second kappa shape index (κ2) is 6.08. The van der Waals surface area contributed by atoms with Gasteiger partial charge in [0.15, 0.2) is 0 Å². The van der Waals surface area contributed by atoms with Gasteiger partial charge >= 0.3 is 0 Å². The molecule has 19 heavy (non-hydrogen) atoms. The van der Waals surface area contributed by atoms with Crippen molar-refractivity contribution in [2.45, 2.75) is 68.9 Å². The standard InChI is InChI=1S/C13H26N2O3S/c1-9-6-7-12(18-9)13(15-14)10-4-3-5-11(8-10)19(2,16)17/h9-13,15H,3-8,14H2,1-2H3. The Bertz CT molecular complexity index is 399. The first-order valence-corrected chi connectivity index (χ1v) is 9.17. The first kappa shape index (κ1) is 15.2. The minimum atomic E-state index is -2.94. The molecule has 5 nitrogen and oxygen atoms in total. The predicted octanol–water partition coefficient (Wildman–Crippen LogP) is 0.989. The summed E-state index contributed by atoms with van der Waals surface area (Å²) in [5.74, 6) is 6.00. The second-order valence-electron chi connectivity index (χ2n) is 6.13. The molecule has 1 saturated carbocycles.